The molecule has 1 rings (SSSR count). The standard InChI is InChI=1S/C12H23NO/c1-4-6-8-11(13-5-2)12(14-3)9-7-10-12/h4,11,13H,1,5-10H2,2-3H3. The molecule has 82 valence electrons. The summed E-state index contributed by atoms with van der Waals surface area (Å²) in [5.74, 6) is 0. The van der Waals surface area contributed by atoms with Gasteiger partial charge in [0.05, 0.1) is 5.60 Å². The van der Waals surface area contributed by atoms with Crippen molar-refractivity contribution in [1.82, 2.24) is 5.32 Å². The number of methoxy groups -OCH3 is 1. The lowest BCUT2D eigenvalue weighted by Gasteiger charge is -2.47. The zero-order valence-corrected chi connectivity index (χ0v) is 9.51. The van der Waals surface area contributed by atoms with Gasteiger partial charge in [-0.05, 0) is 38.6 Å². The Bertz CT molecular complexity index is 170. The van der Waals surface area contributed by atoms with Gasteiger partial charge in [-0.3, -0.25) is 0 Å². The second-order valence-corrected chi connectivity index (χ2v) is 4.10. The molecule has 1 N–H and O–H groups in total. The van der Waals surface area contributed by atoms with Gasteiger partial charge in [0.2, 0.25) is 0 Å². The molecule has 0 heterocycles. The van der Waals surface area contributed by atoms with Crippen molar-refractivity contribution in [3.8, 4) is 0 Å². The Morgan fingerprint density at radius 3 is 2.64 bits per heavy atom. The fourth-order valence-electron chi connectivity index (χ4n) is 2.30. The molecular weight excluding hydrogens is 174 g/mol. The average Bonchev–Trinajstić information content (AvgIpc) is 2.13. The summed E-state index contributed by atoms with van der Waals surface area (Å²) in [4.78, 5) is 0. The van der Waals surface area contributed by atoms with E-state index in [0.29, 0.717) is 6.04 Å². The van der Waals surface area contributed by atoms with Crippen molar-refractivity contribution in [3.63, 3.8) is 0 Å². The number of rotatable bonds is 7. The molecule has 1 aliphatic carbocycles. The van der Waals surface area contributed by atoms with Crippen molar-refractivity contribution < 1.29 is 4.74 Å². The summed E-state index contributed by atoms with van der Waals surface area (Å²) in [6, 6.07) is 0.504. The maximum Gasteiger partial charge on any atom is 0.0831 e. The molecule has 0 aromatic rings. The normalized spacial score (nSPS) is 21.3. The number of nitrogens with one attached hydrogen (secondary N) is 1. The zero-order chi connectivity index (χ0) is 10.4. The van der Waals surface area contributed by atoms with E-state index >= 15 is 0 Å². The highest BCUT2D eigenvalue weighted by atomic mass is 16.5. The Balaban J connectivity index is 2.50. The summed E-state index contributed by atoms with van der Waals surface area (Å²) in [5.41, 5.74) is 0.124. The van der Waals surface area contributed by atoms with Crippen LogP contribution in [0.4, 0.5) is 0 Å². The molecule has 0 spiro atoms. The minimum absolute atomic E-state index is 0.124. The number of hydrogen-bond acceptors (Lipinski definition) is 2. The molecule has 0 radical (unpaired) electrons. The number of allylic oxidation sites excluding steroid dienone is 1. The molecule has 1 saturated carbocycles. The molecule has 0 aliphatic heterocycles. The highest BCUT2D eigenvalue weighted by Gasteiger charge is 2.43. The highest BCUT2D eigenvalue weighted by molar-refractivity contribution is 5.00. The quantitative estimate of drug-likeness (QED) is 0.633. The molecule has 1 atom stereocenters. The van der Waals surface area contributed by atoms with Crippen LogP contribution in [-0.4, -0.2) is 25.3 Å². The van der Waals surface area contributed by atoms with E-state index in [1.807, 2.05) is 13.2 Å². The van der Waals surface area contributed by atoms with Gasteiger partial charge in [-0.25, -0.2) is 0 Å². The maximum absolute atomic E-state index is 5.69. The van der Waals surface area contributed by atoms with Crippen LogP contribution in [0.25, 0.3) is 0 Å². The Hall–Kier alpha value is -0.340. The summed E-state index contributed by atoms with van der Waals surface area (Å²) < 4.78 is 5.69. The first-order valence-corrected chi connectivity index (χ1v) is 5.68. The maximum atomic E-state index is 5.69. The summed E-state index contributed by atoms with van der Waals surface area (Å²) in [6.45, 7) is 6.95. The topological polar surface area (TPSA) is 21.3 Å². The third-order valence-electron chi connectivity index (χ3n) is 3.35. The van der Waals surface area contributed by atoms with Crippen LogP contribution in [0, 0.1) is 0 Å². The van der Waals surface area contributed by atoms with Gasteiger partial charge in [-0.2, -0.15) is 0 Å². The number of hydrogen-bond donors (Lipinski definition) is 1. The Morgan fingerprint density at radius 1 is 1.57 bits per heavy atom. The molecule has 2 nitrogen and oxygen atoms in total. The molecule has 0 saturated heterocycles. The fraction of sp³-hybridized carbons (Fsp3) is 0.833. The van der Waals surface area contributed by atoms with Crippen molar-refractivity contribution in [1.29, 1.82) is 0 Å². The Morgan fingerprint density at radius 2 is 2.29 bits per heavy atom. The van der Waals surface area contributed by atoms with Crippen molar-refractivity contribution in [2.24, 2.45) is 0 Å². The molecule has 0 aromatic carbocycles. The lowest BCUT2D eigenvalue weighted by atomic mass is 9.73. The molecule has 0 bridgehead atoms. The van der Waals surface area contributed by atoms with Crippen LogP contribution < -0.4 is 5.32 Å². The summed E-state index contributed by atoms with van der Waals surface area (Å²) in [5, 5.41) is 3.54. The van der Waals surface area contributed by atoms with Crippen molar-refractivity contribution in [2.75, 3.05) is 13.7 Å². The molecule has 1 fully saturated rings. The highest BCUT2D eigenvalue weighted by Crippen LogP contribution is 2.39. The van der Waals surface area contributed by atoms with Crippen LogP contribution >= 0.6 is 0 Å². The van der Waals surface area contributed by atoms with Crippen molar-refractivity contribution in [2.45, 2.75) is 50.7 Å². The number of likely N-dealkylation sites (N-methyl/N-ethyl adjacent to an activating group) is 1. The first kappa shape index (κ1) is 11.7. The van der Waals surface area contributed by atoms with Gasteiger partial charge in [-0.15, -0.1) is 6.58 Å². The van der Waals surface area contributed by atoms with E-state index in [4.69, 9.17) is 4.74 Å². The van der Waals surface area contributed by atoms with E-state index in [1.54, 1.807) is 0 Å². The monoisotopic (exact) mass is 197 g/mol. The van der Waals surface area contributed by atoms with Crippen LogP contribution in [0.1, 0.15) is 39.0 Å². The van der Waals surface area contributed by atoms with Gasteiger partial charge >= 0.3 is 0 Å². The minimum Gasteiger partial charge on any atom is -0.377 e. The fourth-order valence-corrected chi connectivity index (χ4v) is 2.30. The molecule has 0 amide bonds. The lowest BCUT2D eigenvalue weighted by Crippen LogP contribution is -2.56. The molecule has 2 heteroatoms. The van der Waals surface area contributed by atoms with E-state index in [-0.39, 0.29) is 5.60 Å². The lowest BCUT2D eigenvalue weighted by molar-refractivity contribution is -0.0994. The second-order valence-electron chi connectivity index (χ2n) is 4.10. The first-order valence-electron chi connectivity index (χ1n) is 5.68. The molecule has 1 aliphatic rings. The summed E-state index contributed by atoms with van der Waals surface area (Å²) >= 11 is 0. The van der Waals surface area contributed by atoms with Gasteiger partial charge in [0.15, 0.2) is 0 Å². The third kappa shape index (κ3) is 2.37. The van der Waals surface area contributed by atoms with Gasteiger partial charge in [0.25, 0.3) is 0 Å². The second kappa shape index (κ2) is 5.52. The van der Waals surface area contributed by atoms with Gasteiger partial charge in [0, 0.05) is 13.2 Å². The minimum atomic E-state index is 0.124. The van der Waals surface area contributed by atoms with E-state index in [2.05, 4.69) is 18.8 Å². The van der Waals surface area contributed by atoms with Crippen LogP contribution in [-0.2, 0) is 4.74 Å². The molecule has 0 aromatic heterocycles. The largest absolute Gasteiger partial charge is 0.377 e. The van der Waals surface area contributed by atoms with Crippen LogP contribution in [0.15, 0.2) is 12.7 Å². The zero-order valence-electron chi connectivity index (χ0n) is 9.51. The molecule has 1 unspecified atom stereocenters. The van der Waals surface area contributed by atoms with Crippen molar-refractivity contribution in [3.05, 3.63) is 12.7 Å². The third-order valence-corrected chi connectivity index (χ3v) is 3.35. The van der Waals surface area contributed by atoms with Crippen LogP contribution in [0.2, 0.25) is 0 Å². The Kier molecular flexibility index (Phi) is 4.63. The predicted molar refractivity (Wildman–Crippen MR) is 60.5 cm³/mol. The predicted octanol–water partition coefficient (Wildman–Crippen LogP) is 2.50. The van der Waals surface area contributed by atoms with E-state index < -0.39 is 0 Å². The molecule has 14 heavy (non-hydrogen) atoms. The van der Waals surface area contributed by atoms with Gasteiger partial charge < -0.3 is 10.1 Å². The molecular formula is C12H23NO. The van der Waals surface area contributed by atoms with Gasteiger partial charge in [-0.1, -0.05) is 13.0 Å². The Labute approximate surface area is 87.7 Å². The van der Waals surface area contributed by atoms with E-state index in [0.717, 1.165) is 19.4 Å². The smallest absolute Gasteiger partial charge is 0.0831 e. The first-order chi connectivity index (χ1) is 6.79. The van der Waals surface area contributed by atoms with Crippen LogP contribution in [0.3, 0.4) is 0 Å². The summed E-state index contributed by atoms with van der Waals surface area (Å²) in [6.07, 6.45) is 7.93. The van der Waals surface area contributed by atoms with E-state index in [9.17, 15) is 0 Å². The average molecular weight is 197 g/mol. The SMILES string of the molecule is C=CCCC(NCC)C1(OC)CCC1. The van der Waals surface area contributed by atoms with Gasteiger partial charge in [0.1, 0.15) is 0 Å². The summed E-state index contributed by atoms with van der Waals surface area (Å²) in [7, 11) is 1.84. The van der Waals surface area contributed by atoms with Crippen LogP contribution in [0.5, 0.6) is 0 Å². The van der Waals surface area contributed by atoms with Crippen molar-refractivity contribution >= 4 is 0 Å². The van der Waals surface area contributed by atoms with E-state index in [1.165, 1.54) is 19.3 Å². The number of ether oxygens (including phenoxy) is 1.